The molecular weight excluding hydrogens is 204 g/mol. The van der Waals surface area contributed by atoms with E-state index in [-0.39, 0.29) is 0 Å². The largest absolute Gasteiger partial charge is 0.481 e. The maximum absolute atomic E-state index is 11.4. The Balaban J connectivity index is 2.22. The van der Waals surface area contributed by atoms with Crippen molar-refractivity contribution < 1.29 is 9.90 Å². The van der Waals surface area contributed by atoms with E-state index in [0.29, 0.717) is 12.8 Å². The lowest BCUT2D eigenvalue weighted by Crippen LogP contribution is -2.43. The van der Waals surface area contributed by atoms with E-state index < -0.39 is 11.4 Å². The second-order valence-electron chi connectivity index (χ2n) is 4.31. The van der Waals surface area contributed by atoms with Gasteiger partial charge in [0.15, 0.2) is 0 Å². The van der Waals surface area contributed by atoms with Crippen LogP contribution in [0.15, 0.2) is 30.6 Å². The van der Waals surface area contributed by atoms with Crippen LogP contribution in [0.25, 0.3) is 5.65 Å². The van der Waals surface area contributed by atoms with Gasteiger partial charge in [0.25, 0.3) is 0 Å². The fraction of sp³-hybridized carbons (Fsp3) is 0.333. The molecule has 1 aliphatic carbocycles. The molecule has 0 bridgehead atoms. The van der Waals surface area contributed by atoms with Gasteiger partial charge in [-0.1, -0.05) is 12.5 Å². The third kappa shape index (κ3) is 1.04. The van der Waals surface area contributed by atoms with Crippen LogP contribution in [0.1, 0.15) is 25.0 Å². The number of carboxylic acids is 1. The first-order valence-electron chi connectivity index (χ1n) is 5.40. The van der Waals surface area contributed by atoms with E-state index in [9.17, 15) is 9.90 Å². The number of carboxylic acid groups (broad SMARTS) is 1. The fourth-order valence-corrected chi connectivity index (χ4v) is 2.40. The first-order chi connectivity index (χ1) is 7.74. The molecule has 2 heterocycles. The molecule has 1 saturated carbocycles. The maximum Gasteiger partial charge on any atom is 0.315 e. The van der Waals surface area contributed by atoms with Crippen LogP contribution < -0.4 is 0 Å². The van der Waals surface area contributed by atoms with E-state index in [1.54, 1.807) is 6.20 Å². The van der Waals surface area contributed by atoms with E-state index in [2.05, 4.69) is 4.98 Å². The Labute approximate surface area is 92.5 Å². The normalized spacial score (nSPS) is 18.2. The molecular formula is C12H12N2O2. The van der Waals surface area contributed by atoms with Crippen LogP contribution in [-0.2, 0) is 10.2 Å². The van der Waals surface area contributed by atoms with Gasteiger partial charge in [-0.05, 0) is 25.0 Å². The van der Waals surface area contributed by atoms with Gasteiger partial charge in [0, 0.05) is 6.20 Å². The third-order valence-electron chi connectivity index (χ3n) is 3.52. The predicted molar refractivity (Wildman–Crippen MR) is 58.4 cm³/mol. The number of hydrogen-bond donors (Lipinski definition) is 1. The highest BCUT2D eigenvalue weighted by molar-refractivity contribution is 5.82. The smallest absolute Gasteiger partial charge is 0.315 e. The summed E-state index contributed by atoms with van der Waals surface area (Å²) in [7, 11) is 0. The molecule has 0 spiro atoms. The highest BCUT2D eigenvalue weighted by Crippen LogP contribution is 2.43. The second-order valence-corrected chi connectivity index (χ2v) is 4.31. The summed E-state index contributed by atoms with van der Waals surface area (Å²) in [6.45, 7) is 0. The van der Waals surface area contributed by atoms with Gasteiger partial charge in [-0.25, -0.2) is 4.98 Å². The second kappa shape index (κ2) is 3.07. The summed E-state index contributed by atoms with van der Waals surface area (Å²) in [5.74, 6) is -0.732. The van der Waals surface area contributed by atoms with Crippen molar-refractivity contribution in [1.82, 2.24) is 9.38 Å². The Bertz CT molecular complexity index is 555. The van der Waals surface area contributed by atoms with E-state index in [4.69, 9.17) is 0 Å². The summed E-state index contributed by atoms with van der Waals surface area (Å²) >= 11 is 0. The molecule has 0 saturated heterocycles. The van der Waals surface area contributed by atoms with Crippen LogP contribution in [0, 0.1) is 0 Å². The van der Waals surface area contributed by atoms with Gasteiger partial charge in [-0.3, -0.25) is 4.79 Å². The average molecular weight is 216 g/mol. The van der Waals surface area contributed by atoms with Gasteiger partial charge in [0.1, 0.15) is 11.1 Å². The summed E-state index contributed by atoms with van der Waals surface area (Å²) < 4.78 is 1.88. The fourth-order valence-electron chi connectivity index (χ4n) is 2.40. The van der Waals surface area contributed by atoms with Crippen molar-refractivity contribution in [3.63, 3.8) is 0 Å². The Kier molecular flexibility index (Phi) is 1.80. The number of fused-ring (bicyclic) bond motifs is 1. The van der Waals surface area contributed by atoms with Crippen molar-refractivity contribution in [2.24, 2.45) is 0 Å². The van der Waals surface area contributed by atoms with E-state index in [1.165, 1.54) is 0 Å². The molecule has 4 nitrogen and oxygen atoms in total. The minimum Gasteiger partial charge on any atom is -0.481 e. The molecule has 1 fully saturated rings. The maximum atomic E-state index is 11.4. The molecule has 2 aromatic rings. The zero-order chi connectivity index (χ0) is 11.2. The van der Waals surface area contributed by atoms with Crippen molar-refractivity contribution in [1.29, 1.82) is 0 Å². The molecule has 16 heavy (non-hydrogen) atoms. The van der Waals surface area contributed by atoms with Crippen molar-refractivity contribution >= 4 is 11.6 Å². The Morgan fingerprint density at radius 1 is 1.44 bits per heavy atom. The molecule has 0 aliphatic heterocycles. The van der Waals surface area contributed by atoms with E-state index in [1.807, 2.05) is 28.8 Å². The van der Waals surface area contributed by atoms with Crippen LogP contribution in [0.2, 0.25) is 0 Å². The number of aliphatic carboxylic acids is 1. The molecule has 0 aromatic carbocycles. The Hall–Kier alpha value is -1.84. The van der Waals surface area contributed by atoms with Gasteiger partial charge < -0.3 is 9.51 Å². The molecule has 0 amide bonds. The first-order valence-corrected chi connectivity index (χ1v) is 5.40. The van der Waals surface area contributed by atoms with Gasteiger partial charge in [-0.15, -0.1) is 0 Å². The first kappa shape index (κ1) is 9.39. The topological polar surface area (TPSA) is 54.6 Å². The lowest BCUT2D eigenvalue weighted by atomic mass is 9.67. The van der Waals surface area contributed by atoms with Crippen molar-refractivity contribution in [2.75, 3.05) is 0 Å². The zero-order valence-corrected chi connectivity index (χ0v) is 8.76. The number of carbonyl (C=O) groups is 1. The predicted octanol–water partition coefficient (Wildman–Crippen LogP) is 1.84. The quantitative estimate of drug-likeness (QED) is 0.833. The zero-order valence-electron chi connectivity index (χ0n) is 8.76. The molecule has 1 N–H and O–H groups in total. The third-order valence-corrected chi connectivity index (χ3v) is 3.52. The molecule has 1 aliphatic rings. The summed E-state index contributed by atoms with van der Waals surface area (Å²) in [5, 5.41) is 9.37. The number of aromatic nitrogens is 2. The Morgan fingerprint density at radius 2 is 2.25 bits per heavy atom. The van der Waals surface area contributed by atoms with Crippen LogP contribution in [0.5, 0.6) is 0 Å². The van der Waals surface area contributed by atoms with Crippen LogP contribution in [0.3, 0.4) is 0 Å². The molecule has 2 aromatic heterocycles. The van der Waals surface area contributed by atoms with Gasteiger partial charge in [-0.2, -0.15) is 0 Å². The number of rotatable bonds is 2. The number of hydrogen-bond acceptors (Lipinski definition) is 2. The van der Waals surface area contributed by atoms with Crippen LogP contribution in [-0.4, -0.2) is 20.5 Å². The van der Waals surface area contributed by atoms with Gasteiger partial charge in [0.05, 0.1) is 11.9 Å². The number of pyridine rings is 1. The number of imidazole rings is 1. The lowest BCUT2D eigenvalue weighted by Gasteiger charge is -2.37. The molecule has 82 valence electrons. The molecule has 4 heteroatoms. The summed E-state index contributed by atoms with van der Waals surface area (Å²) in [5.41, 5.74) is 0.910. The molecule has 0 radical (unpaired) electrons. The lowest BCUT2D eigenvalue weighted by molar-refractivity contribution is -0.147. The molecule has 3 rings (SSSR count). The van der Waals surface area contributed by atoms with Crippen molar-refractivity contribution in [2.45, 2.75) is 24.7 Å². The highest BCUT2D eigenvalue weighted by Gasteiger charge is 2.48. The summed E-state index contributed by atoms with van der Waals surface area (Å²) in [4.78, 5) is 15.7. The molecule has 0 unspecified atom stereocenters. The minimum absolute atomic E-state index is 0.708. The summed E-state index contributed by atoms with van der Waals surface area (Å²) in [6, 6.07) is 5.68. The molecule has 0 atom stereocenters. The standard InChI is InChI=1S/C12H12N2O2/c15-11(16)12(5-3-6-12)9-8-13-10-4-1-2-7-14(9)10/h1-2,4,7-8H,3,5-6H2,(H,15,16). The van der Waals surface area contributed by atoms with Crippen LogP contribution >= 0.6 is 0 Å². The Morgan fingerprint density at radius 3 is 2.88 bits per heavy atom. The number of nitrogens with zero attached hydrogens (tertiary/aromatic N) is 2. The van der Waals surface area contributed by atoms with E-state index in [0.717, 1.165) is 17.8 Å². The van der Waals surface area contributed by atoms with Crippen molar-refractivity contribution in [3.05, 3.63) is 36.3 Å². The average Bonchev–Trinajstić information content (AvgIpc) is 2.61. The van der Waals surface area contributed by atoms with Gasteiger partial charge in [0.2, 0.25) is 0 Å². The monoisotopic (exact) mass is 216 g/mol. The van der Waals surface area contributed by atoms with Crippen molar-refractivity contribution in [3.8, 4) is 0 Å². The minimum atomic E-state index is -0.732. The van der Waals surface area contributed by atoms with Crippen LogP contribution in [0.4, 0.5) is 0 Å². The SMILES string of the molecule is O=C(O)C1(c2cnc3ccccn23)CCC1. The summed E-state index contributed by atoms with van der Waals surface area (Å²) in [6.07, 6.45) is 5.98. The van der Waals surface area contributed by atoms with E-state index >= 15 is 0 Å². The van der Waals surface area contributed by atoms with Gasteiger partial charge >= 0.3 is 5.97 Å². The highest BCUT2D eigenvalue weighted by atomic mass is 16.4.